The Morgan fingerprint density at radius 1 is 0.892 bits per heavy atom. The molecule has 5 aromatic rings. The fourth-order valence-electron chi connectivity index (χ4n) is 4.15. The van der Waals surface area contributed by atoms with Crippen molar-refractivity contribution in [2.75, 3.05) is 0 Å². The molecular weight excluding hydrogens is 464 g/mol. The highest BCUT2D eigenvalue weighted by atomic mass is 16.5. The Morgan fingerprint density at radius 2 is 1.59 bits per heavy atom. The van der Waals surface area contributed by atoms with Crippen molar-refractivity contribution in [3.8, 4) is 17.1 Å². The van der Waals surface area contributed by atoms with Gasteiger partial charge < -0.3 is 18.3 Å². The minimum atomic E-state index is -0.433. The van der Waals surface area contributed by atoms with Gasteiger partial charge in [-0.15, -0.1) is 0 Å². The first-order chi connectivity index (χ1) is 18.0. The molecule has 0 bridgehead atoms. The third-order valence-corrected chi connectivity index (χ3v) is 6.09. The lowest BCUT2D eigenvalue weighted by Gasteiger charge is -2.10. The number of hydrogen-bond acceptors (Lipinski definition) is 4. The SMILES string of the molecule is Cc1ccc(-n2cccc2/C=N/NC(=O)c2ccc(COc3ccc(-n4c(C)ccc4C)cc3)o2)cc1. The Labute approximate surface area is 215 Å². The number of nitrogens with zero attached hydrogens (tertiary/aromatic N) is 3. The highest BCUT2D eigenvalue weighted by molar-refractivity contribution is 5.92. The lowest BCUT2D eigenvalue weighted by atomic mass is 10.2. The average molecular weight is 493 g/mol. The molecule has 37 heavy (non-hydrogen) atoms. The standard InChI is InChI=1S/C30H28N4O3/c1-21-6-10-24(11-7-21)33-18-4-5-26(33)19-31-32-30(35)29-17-16-28(37-29)20-36-27-14-12-25(13-15-27)34-22(2)8-9-23(34)3/h4-19H,20H2,1-3H3,(H,32,35)/b31-19+. The fourth-order valence-corrected chi connectivity index (χ4v) is 4.15. The van der Waals surface area contributed by atoms with Gasteiger partial charge in [-0.1, -0.05) is 17.7 Å². The van der Waals surface area contributed by atoms with E-state index in [0.29, 0.717) is 5.76 Å². The summed E-state index contributed by atoms with van der Waals surface area (Å²) in [7, 11) is 0. The van der Waals surface area contributed by atoms with Crippen LogP contribution in [0.15, 0.2) is 101 Å². The van der Waals surface area contributed by atoms with E-state index >= 15 is 0 Å². The maximum atomic E-state index is 12.5. The molecule has 0 aliphatic heterocycles. The summed E-state index contributed by atoms with van der Waals surface area (Å²) in [6, 6.07) is 27.4. The van der Waals surface area contributed by atoms with Gasteiger partial charge in [0.15, 0.2) is 5.76 Å². The molecule has 0 radical (unpaired) electrons. The maximum Gasteiger partial charge on any atom is 0.307 e. The summed E-state index contributed by atoms with van der Waals surface area (Å²) in [5.74, 6) is 0.995. The number of hydrogen-bond donors (Lipinski definition) is 1. The zero-order valence-corrected chi connectivity index (χ0v) is 21.0. The van der Waals surface area contributed by atoms with Gasteiger partial charge in [-0.05, 0) is 93.6 Å². The van der Waals surface area contributed by atoms with Crippen LogP contribution in [0.1, 0.15) is 39.0 Å². The molecule has 1 N–H and O–H groups in total. The van der Waals surface area contributed by atoms with Crippen molar-refractivity contribution >= 4 is 12.1 Å². The van der Waals surface area contributed by atoms with Crippen LogP contribution in [0.5, 0.6) is 5.75 Å². The van der Waals surface area contributed by atoms with E-state index in [1.807, 2.05) is 66.2 Å². The lowest BCUT2D eigenvalue weighted by Crippen LogP contribution is -2.17. The van der Waals surface area contributed by atoms with E-state index < -0.39 is 5.91 Å². The van der Waals surface area contributed by atoms with E-state index in [4.69, 9.17) is 9.15 Å². The van der Waals surface area contributed by atoms with E-state index in [0.717, 1.165) is 22.8 Å². The third-order valence-electron chi connectivity index (χ3n) is 6.09. The number of rotatable bonds is 8. The predicted molar refractivity (Wildman–Crippen MR) is 144 cm³/mol. The Hall–Kier alpha value is -4.78. The molecule has 2 aromatic carbocycles. The molecule has 5 rings (SSSR count). The van der Waals surface area contributed by atoms with E-state index in [1.165, 1.54) is 17.0 Å². The van der Waals surface area contributed by atoms with Crippen LogP contribution in [-0.4, -0.2) is 21.3 Å². The molecule has 0 atom stereocenters. The number of carbonyl (C=O) groups is 1. The summed E-state index contributed by atoms with van der Waals surface area (Å²) in [5, 5.41) is 4.10. The van der Waals surface area contributed by atoms with E-state index in [2.05, 4.69) is 53.2 Å². The molecule has 0 spiro atoms. The average Bonchev–Trinajstić information content (AvgIpc) is 3.64. The molecule has 3 heterocycles. The number of amides is 1. The van der Waals surface area contributed by atoms with Crippen LogP contribution >= 0.6 is 0 Å². The van der Waals surface area contributed by atoms with Crippen LogP contribution in [0.25, 0.3) is 11.4 Å². The van der Waals surface area contributed by atoms with Crippen molar-refractivity contribution in [1.82, 2.24) is 14.6 Å². The number of furan rings is 1. The molecule has 186 valence electrons. The van der Waals surface area contributed by atoms with Crippen molar-refractivity contribution in [2.24, 2.45) is 5.10 Å². The van der Waals surface area contributed by atoms with Crippen molar-refractivity contribution in [3.05, 3.63) is 125 Å². The van der Waals surface area contributed by atoms with Crippen LogP contribution < -0.4 is 10.2 Å². The number of aryl methyl sites for hydroxylation is 3. The van der Waals surface area contributed by atoms with Crippen molar-refractivity contribution in [1.29, 1.82) is 0 Å². The topological polar surface area (TPSA) is 73.7 Å². The molecule has 0 saturated carbocycles. The number of nitrogens with one attached hydrogen (secondary N) is 1. The van der Waals surface area contributed by atoms with Gasteiger partial charge in [0.1, 0.15) is 18.1 Å². The van der Waals surface area contributed by atoms with Gasteiger partial charge in [0.2, 0.25) is 0 Å². The molecule has 3 aromatic heterocycles. The first-order valence-electron chi connectivity index (χ1n) is 12.0. The highest BCUT2D eigenvalue weighted by Crippen LogP contribution is 2.21. The van der Waals surface area contributed by atoms with Gasteiger partial charge in [0, 0.05) is 29.0 Å². The molecule has 0 unspecified atom stereocenters. The Balaban J connectivity index is 1.16. The van der Waals surface area contributed by atoms with Gasteiger partial charge in [-0.2, -0.15) is 5.10 Å². The van der Waals surface area contributed by atoms with E-state index in [9.17, 15) is 4.79 Å². The highest BCUT2D eigenvalue weighted by Gasteiger charge is 2.11. The fraction of sp³-hybridized carbons (Fsp3) is 0.133. The maximum absolute atomic E-state index is 12.5. The van der Waals surface area contributed by atoms with Gasteiger partial charge in [0.25, 0.3) is 0 Å². The van der Waals surface area contributed by atoms with Crippen LogP contribution in [0.4, 0.5) is 0 Å². The minimum Gasteiger partial charge on any atom is -0.486 e. The first-order valence-corrected chi connectivity index (χ1v) is 12.0. The van der Waals surface area contributed by atoms with Crippen LogP contribution in [0.2, 0.25) is 0 Å². The summed E-state index contributed by atoms with van der Waals surface area (Å²) in [5.41, 5.74) is 9.00. The molecule has 0 aliphatic carbocycles. The van der Waals surface area contributed by atoms with Crippen LogP contribution in [0.3, 0.4) is 0 Å². The van der Waals surface area contributed by atoms with E-state index in [-0.39, 0.29) is 12.4 Å². The Kier molecular flexibility index (Phi) is 6.76. The smallest absolute Gasteiger partial charge is 0.307 e. The zero-order valence-electron chi connectivity index (χ0n) is 21.0. The monoisotopic (exact) mass is 492 g/mol. The minimum absolute atomic E-state index is 0.165. The second-order valence-corrected chi connectivity index (χ2v) is 8.84. The lowest BCUT2D eigenvalue weighted by molar-refractivity contribution is 0.0923. The molecule has 0 aliphatic rings. The molecule has 1 amide bonds. The summed E-state index contributed by atoms with van der Waals surface area (Å²) < 4.78 is 15.7. The van der Waals surface area contributed by atoms with Crippen LogP contribution in [-0.2, 0) is 6.61 Å². The molecular formula is C30H28N4O3. The Bertz CT molecular complexity index is 1520. The zero-order chi connectivity index (χ0) is 25.8. The number of carbonyl (C=O) groups excluding carboxylic acids is 1. The van der Waals surface area contributed by atoms with Gasteiger partial charge in [0.05, 0.1) is 11.9 Å². The third kappa shape index (κ3) is 5.41. The largest absolute Gasteiger partial charge is 0.486 e. The van der Waals surface area contributed by atoms with Gasteiger partial charge in [-0.25, -0.2) is 5.43 Å². The second-order valence-electron chi connectivity index (χ2n) is 8.84. The first kappa shape index (κ1) is 23.9. The molecule has 7 nitrogen and oxygen atoms in total. The number of hydrazone groups is 1. The van der Waals surface area contributed by atoms with Crippen LogP contribution in [0, 0.1) is 20.8 Å². The molecule has 7 heteroatoms. The number of aromatic nitrogens is 2. The quantitative estimate of drug-likeness (QED) is 0.209. The normalized spacial score (nSPS) is 11.2. The predicted octanol–water partition coefficient (Wildman–Crippen LogP) is 6.13. The molecule has 0 fully saturated rings. The summed E-state index contributed by atoms with van der Waals surface area (Å²) >= 11 is 0. The Morgan fingerprint density at radius 3 is 2.32 bits per heavy atom. The van der Waals surface area contributed by atoms with Gasteiger partial charge >= 0.3 is 5.91 Å². The summed E-state index contributed by atoms with van der Waals surface area (Å²) in [6.45, 7) is 6.42. The summed E-state index contributed by atoms with van der Waals surface area (Å²) in [6.07, 6.45) is 3.55. The number of benzene rings is 2. The van der Waals surface area contributed by atoms with Crippen molar-refractivity contribution in [2.45, 2.75) is 27.4 Å². The van der Waals surface area contributed by atoms with E-state index in [1.54, 1.807) is 18.3 Å². The van der Waals surface area contributed by atoms with Gasteiger partial charge in [-0.3, -0.25) is 4.79 Å². The summed E-state index contributed by atoms with van der Waals surface area (Å²) in [4.78, 5) is 12.5. The van der Waals surface area contributed by atoms with Crippen molar-refractivity contribution in [3.63, 3.8) is 0 Å². The van der Waals surface area contributed by atoms with Crippen molar-refractivity contribution < 1.29 is 13.9 Å². The number of ether oxygens (including phenoxy) is 1. The molecule has 0 saturated heterocycles. The second kappa shape index (κ2) is 10.5.